The highest BCUT2D eigenvalue weighted by atomic mass is 32.2. The van der Waals surface area contributed by atoms with E-state index >= 15 is 0 Å². The maximum absolute atomic E-state index is 12.2. The van der Waals surface area contributed by atoms with E-state index in [1.807, 2.05) is 19.1 Å². The van der Waals surface area contributed by atoms with E-state index < -0.39 is 10.1 Å². The van der Waals surface area contributed by atoms with Gasteiger partial charge in [0, 0.05) is 11.5 Å². The number of allylic oxidation sites excluding steroid dienone is 2. The van der Waals surface area contributed by atoms with E-state index in [-0.39, 0.29) is 17.5 Å². The van der Waals surface area contributed by atoms with Crippen LogP contribution < -0.4 is 4.18 Å². The average molecular weight is 280 g/mol. The quantitative estimate of drug-likeness (QED) is 0.627. The largest absolute Gasteiger partial charge is 0.383 e. The standard InChI is InChI=1S/C14H16O4S/c1-3-4-5-11-8-10-6-7-12(18-19(2,16)17)9-13(10)14(11)15/h3-4,6-7,9,11H,5,8H2,1-2H3/b4-3+. The molecule has 0 amide bonds. The minimum atomic E-state index is -3.56. The van der Waals surface area contributed by atoms with Gasteiger partial charge in [0.25, 0.3) is 0 Å². The fourth-order valence-electron chi connectivity index (χ4n) is 2.26. The van der Waals surface area contributed by atoms with Crippen LogP contribution in [0.25, 0.3) is 0 Å². The van der Waals surface area contributed by atoms with Gasteiger partial charge in [-0.3, -0.25) is 4.79 Å². The maximum Gasteiger partial charge on any atom is 0.306 e. The molecule has 0 heterocycles. The maximum atomic E-state index is 12.2. The van der Waals surface area contributed by atoms with Gasteiger partial charge in [0.1, 0.15) is 5.75 Å². The first-order valence-electron chi connectivity index (χ1n) is 6.08. The molecule has 0 bridgehead atoms. The van der Waals surface area contributed by atoms with Crippen molar-refractivity contribution in [1.82, 2.24) is 0 Å². The molecule has 0 aliphatic heterocycles. The van der Waals surface area contributed by atoms with Gasteiger partial charge in [-0.05, 0) is 37.5 Å². The van der Waals surface area contributed by atoms with E-state index in [0.717, 1.165) is 11.8 Å². The second-order valence-corrected chi connectivity index (χ2v) is 6.25. The third-order valence-electron chi connectivity index (χ3n) is 3.09. The Labute approximate surface area is 113 Å². The Kier molecular flexibility index (Phi) is 3.75. The Balaban J connectivity index is 2.25. The predicted octanol–water partition coefficient (Wildman–Crippen LogP) is 2.35. The predicted molar refractivity (Wildman–Crippen MR) is 72.9 cm³/mol. The zero-order valence-corrected chi connectivity index (χ0v) is 11.7. The molecule has 1 aliphatic rings. The summed E-state index contributed by atoms with van der Waals surface area (Å²) in [6.45, 7) is 1.92. The molecule has 1 atom stereocenters. The Hall–Kier alpha value is -1.62. The van der Waals surface area contributed by atoms with Crippen molar-refractivity contribution in [2.45, 2.75) is 19.8 Å². The molecule has 4 nitrogen and oxygen atoms in total. The van der Waals surface area contributed by atoms with E-state index in [4.69, 9.17) is 4.18 Å². The molecule has 0 spiro atoms. The number of Topliss-reactive ketones (excluding diaryl/α,β-unsaturated/α-hetero) is 1. The number of hydrogen-bond acceptors (Lipinski definition) is 4. The molecule has 0 radical (unpaired) electrons. The number of hydrogen-bond donors (Lipinski definition) is 0. The monoisotopic (exact) mass is 280 g/mol. The summed E-state index contributed by atoms with van der Waals surface area (Å²) in [5, 5.41) is 0. The van der Waals surface area contributed by atoms with Crippen LogP contribution in [-0.4, -0.2) is 20.5 Å². The smallest absolute Gasteiger partial charge is 0.306 e. The number of carbonyl (C=O) groups is 1. The van der Waals surface area contributed by atoms with E-state index in [2.05, 4.69) is 0 Å². The number of benzene rings is 1. The van der Waals surface area contributed by atoms with Gasteiger partial charge in [0.2, 0.25) is 0 Å². The third-order valence-corrected chi connectivity index (χ3v) is 3.58. The van der Waals surface area contributed by atoms with Crippen molar-refractivity contribution in [2.24, 2.45) is 5.92 Å². The summed E-state index contributed by atoms with van der Waals surface area (Å²) in [6, 6.07) is 4.88. The summed E-state index contributed by atoms with van der Waals surface area (Å²) >= 11 is 0. The molecular formula is C14H16O4S. The van der Waals surface area contributed by atoms with Gasteiger partial charge >= 0.3 is 10.1 Å². The second-order valence-electron chi connectivity index (χ2n) is 4.68. The second kappa shape index (κ2) is 5.17. The van der Waals surface area contributed by atoms with Crippen molar-refractivity contribution < 1.29 is 17.4 Å². The van der Waals surface area contributed by atoms with E-state index in [0.29, 0.717) is 18.4 Å². The summed E-state index contributed by atoms with van der Waals surface area (Å²) in [4.78, 5) is 12.2. The van der Waals surface area contributed by atoms with Crippen LogP contribution >= 0.6 is 0 Å². The van der Waals surface area contributed by atoms with E-state index in [1.54, 1.807) is 12.1 Å². The molecule has 0 N–H and O–H groups in total. The molecule has 0 aromatic heterocycles. The van der Waals surface area contributed by atoms with Gasteiger partial charge in [-0.1, -0.05) is 18.2 Å². The molecule has 1 aliphatic carbocycles. The average Bonchev–Trinajstić information content (AvgIpc) is 2.62. The van der Waals surface area contributed by atoms with Crippen LogP contribution in [0.5, 0.6) is 5.75 Å². The van der Waals surface area contributed by atoms with Crippen molar-refractivity contribution in [3.63, 3.8) is 0 Å². The minimum absolute atomic E-state index is 0.0420. The molecular weight excluding hydrogens is 264 g/mol. The van der Waals surface area contributed by atoms with Crippen molar-refractivity contribution in [3.8, 4) is 5.75 Å². The minimum Gasteiger partial charge on any atom is -0.383 e. The number of fused-ring (bicyclic) bond motifs is 1. The lowest BCUT2D eigenvalue weighted by Gasteiger charge is -2.04. The van der Waals surface area contributed by atoms with Crippen LogP contribution in [0.4, 0.5) is 0 Å². The molecule has 5 heteroatoms. The molecule has 0 fully saturated rings. The van der Waals surface area contributed by atoms with Gasteiger partial charge in [-0.25, -0.2) is 0 Å². The van der Waals surface area contributed by atoms with Crippen LogP contribution in [0, 0.1) is 5.92 Å². The van der Waals surface area contributed by atoms with E-state index in [9.17, 15) is 13.2 Å². The Bertz CT molecular complexity index is 629. The summed E-state index contributed by atoms with van der Waals surface area (Å²) < 4.78 is 26.9. The summed E-state index contributed by atoms with van der Waals surface area (Å²) in [5.41, 5.74) is 1.54. The Morgan fingerprint density at radius 3 is 2.79 bits per heavy atom. The lowest BCUT2D eigenvalue weighted by molar-refractivity contribution is 0.0937. The topological polar surface area (TPSA) is 60.4 Å². The number of ketones is 1. The van der Waals surface area contributed by atoms with Gasteiger partial charge in [0.05, 0.1) is 6.26 Å². The molecule has 1 aromatic carbocycles. The zero-order chi connectivity index (χ0) is 14.0. The van der Waals surface area contributed by atoms with Gasteiger partial charge in [0.15, 0.2) is 5.78 Å². The summed E-state index contributed by atoms with van der Waals surface area (Å²) in [7, 11) is -3.56. The van der Waals surface area contributed by atoms with Crippen LogP contribution in [0.1, 0.15) is 29.3 Å². The van der Waals surface area contributed by atoms with Gasteiger partial charge in [-0.2, -0.15) is 8.42 Å². The zero-order valence-electron chi connectivity index (χ0n) is 10.9. The molecule has 0 saturated heterocycles. The molecule has 102 valence electrons. The first-order valence-corrected chi connectivity index (χ1v) is 7.90. The Morgan fingerprint density at radius 1 is 1.42 bits per heavy atom. The van der Waals surface area contributed by atoms with Crippen LogP contribution in [0.2, 0.25) is 0 Å². The highest BCUT2D eigenvalue weighted by molar-refractivity contribution is 7.86. The first-order chi connectivity index (χ1) is 8.90. The first kappa shape index (κ1) is 13.8. The number of rotatable bonds is 4. The van der Waals surface area contributed by atoms with Crippen LogP contribution in [0.3, 0.4) is 0 Å². The highest BCUT2D eigenvalue weighted by Crippen LogP contribution is 2.32. The fourth-order valence-corrected chi connectivity index (χ4v) is 2.71. The van der Waals surface area contributed by atoms with Crippen molar-refractivity contribution in [3.05, 3.63) is 41.5 Å². The molecule has 0 saturated carbocycles. The van der Waals surface area contributed by atoms with Crippen molar-refractivity contribution >= 4 is 15.9 Å². The lowest BCUT2D eigenvalue weighted by atomic mass is 10.0. The van der Waals surface area contributed by atoms with Gasteiger partial charge < -0.3 is 4.18 Å². The third kappa shape index (κ3) is 3.23. The lowest BCUT2D eigenvalue weighted by Crippen LogP contribution is -2.08. The molecule has 1 unspecified atom stereocenters. The summed E-state index contributed by atoms with van der Waals surface area (Å²) in [6.07, 6.45) is 6.30. The number of carbonyl (C=O) groups excluding carboxylic acids is 1. The summed E-state index contributed by atoms with van der Waals surface area (Å²) in [5.74, 6) is 0.216. The molecule has 19 heavy (non-hydrogen) atoms. The normalized spacial score (nSPS) is 18.8. The van der Waals surface area contributed by atoms with Crippen LogP contribution in [0.15, 0.2) is 30.4 Å². The van der Waals surface area contributed by atoms with Crippen molar-refractivity contribution in [2.75, 3.05) is 6.26 Å². The SMILES string of the molecule is C/C=C/CC1Cc2ccc(OS(C)(=O)=O)cc2C1=O. The molecule has 2 rings (SSSR count). The fraction of sp³-hybridized carbons (Fsp3) is 0.357. The Morgan fingerprint density at radius 2 is 2.16 bits per heavy atom. The van der Waals surface area contributed by atoms with Crippen LogP contribution in [-0.2, 0) is 16.5 Å². The molecule has 1 aromatic rings. The van der Waals surface area contributed by atoms with E-state index in [1.165, 1.54) is 6.07 Å². The highest BCUT2D eigenvalue weighted by Gasteiger charge is 2.30. The van der Waals surface area contributed by atoms with Gasteiger partial charge in [-0.15, -0.1) is 0 Å². The van der Waals surface area contributed by atoms with Crippen molar-refractivity contribution in [1.29, 1.82) is 0 Å².